The second-order valence-corrected chi connectivity index (χ2v) is 6.72. The number of anilines is 2. The molecule has 2 amide bonds. The third-order valence-corrected chi connectivity index (χ3v) is 4.98. The molecule has 1 aromatic carbocycles. The van der Waals surface area contributed by atoms with Gasteiger partial charge in [-0.05, 0) is 30.7 Å². The van der Waals surface area contributed by atoms with Crippen LogP contribution in [-0.4, -0.2) is 51.0 Å². The minimum absolute atomic E-state index is 0.00389. The Bertz CT molecular complexity index is 971. The van der Waals surface area contributed by atoms with Gasteiger partial charge in [0.25, 0.3) is 5.91 Å². The Labute approximate surface area is 164 Å². The number of alkyl halides is 1. The zero-order valence-electron chi connectivity index (χ0n) is 15.2. The standard InChI is InChI=1S/C18H18F2N6O3/c19-11-1-3-12(4-2-11)23-16-13(15(22)27)9-26(24-16)18(5-7-21)6-8-25(17(28)29)10-14(18)20/h1-4,9,14H,5-6,8,10H2,(H2,22,27)(H,23,24)(H,28,29)/t14-,18-/m1/s1. The van der Waals surface area contributed by atoms with Crippen molar-refractivity contribution in [2.24, 2.45) is 5.73 Å². The van der Waals surface area contributed by atoms with Crippen molar-refractivity contribution in [3.63, 3.8) is 0 Å². The van der Waals surface area contributed by atoms with E-state index in [1.165, 1.54) is 35.1 Å². The summed E-state index contributed by atoms with van der Waals surface area (Å²) in [4.78, 5) is 24.0. The molecule has 0 aliphatic carbocycles. The lowest BCUT2D eigenvalue weighted by Gasteiger charge is -2.42. The van der Waals surface area contributed by atoms with Gasteiger partial charge in [0.1, 0.15) is 23.1 Å². The fraction of sp³-hybridized carbons (Fsp3) is 0.333. The number of nitrogens with one attached hydrogen (secondary N) is 1. The minimum Gasteiger partial charge on any atom is -0.465 e. The van der Waals surface area contributed by atoms with Crippen LogP contribution in [0, 0.1) is 17.1 Å². The van der Waals surface area contributed by atoms with Crippen molar-refractivity contribution >= 4 is 23.5 Å². The van der Waals surface area contributed by atoms with Crippen LogP contribution in [0.15, 0.2) is 30.5 Å². The molecule has 1 aliphatic heterocycles. The molecule has 0 saturated carbocycles. The first-order chi connectivity index (χ1) is 13.8. The topological polar surface area (TPSA) is 137 Å². The first kappa shape index (κ1) is 20.1. The lowest BCUT2D eigenvalue weighted by atomic mass is 9.83. The van der Waals surface area contributed by atoms with Crippen molar-refractivity contribution in [1.29, 1.82) is 5.26 Å². The normalized spacial score (nSPS) is 21.4. The predicted octanol–water partition coefficient (Wildman–Crippen LogP) is 2.20. The molecule has 11 heteroatoms. The van der Waals surface area contributed by atoms with E-state index in [1.807, 2.05) is 6.07 Å². The Morgan fingerprint density at radius 1 is 1.41 bits per heavy atom. The van der Waals surface area contributed by atoms with Crippen LogP contribution in [-0.2, 0) is 5.54 Å². The van der Waals surface area contributed by atoms with Gasteiger partial charge in [-0.1, -0.05) is 0 Å². The maximum atomic E-state index is 15.1. The first-order valence-electron chi connectivity index (χ1n) is 8.68. The molecule has 4 N–H and O–H groups in total. The molecule has 0 spiro atoms. The summed E-state index contributed by atoms with van der Waals surface area (Å²) in [5.74, 6) is -1.25. The Balaban J connectivity index is 1.99. The van der Waals surface area contributed by atoms with Crippen LogP contribution in [0.25, 0.3) is 0 Å². The van der Waals surface area contributed by atoms with E-state index in [9.17, 15) is 19.2 Å². The third kappa shape index (κ3) is 3.82. The largest absolute Gasteiger partial charge is 0.465 e. The number of halogens is 2. The predicted molar refractivity (Wildman–Crippen MR) is 97.7 cm³/mol. The van der Waals surface area contributed by atoms with Gasteiger partial charge in [-0.15, -0.1) is 0 Å². The van der Waals surface area contributed by atoms with Crippen LogP contribution in [0.1, 0.15) is 23.2 Å². The van der Waals surface area contributed by atoms with Gasteiger partial charge in [0.2, 0.25) is 0 Å². The summed E-state index contributed by atoms with van der Waals surface area (Å²) in [5, 5.41) is 25.4. The van der Waals surface area contributed by atoms with E-state index in [1.54, 1.807) is 0 Å². The van der Waals surface area contributed by atoms with Crippen molar-refractivity contribution < 1.29 is 23.5 Å². The fourth-order valence-electron chi connectivity index (χ4n) is 3.33. The second-order valence-electron chi connectivity index (χ2n) is 6.72. The number of carbonyl (C=O) groups excluding carboxylic acids is 1. The number of piperidine rings is 1. The number of hydrogen-bond donors (Lipinski definition) is 3. The summed E-state index contributed by atoms with van der Waals surface area (Å²) in [6.45, 7) is -0.423. The molecular weight excluding hydrogens is 386 g/mol. The first-order valence-corrected chi connectivity index (χ1v) is 8.68. The second kappa shape index (κ2) is 7.75. The average molecular weight is 404 g/mol. The number of amides is 2. The molecule has 0 radical (unpaired) electrons. The summed E-state index contributed by atoms with van der Waals surface area (Å²) in [6.07, 6.45) is -2.03. The summed E-state index contributed by atoms with van der Waals surface area (Å²) < 4.78 is 29.4. The highest BCUT2D eigenvalue weighted by molar-refractivity contribution is 5.98. The molecule has 1 aromatic heterocycles. The zero-order chi connectivity index (χ0) is 21.2. The molecule has 2 aromatic rings. The van der Waals surface area contributed by atoms with Crippen molar-refractivity contribution in [2.45, 2.75) is 24.6 Å². The summed E-state index contributed by atoms with van der Waals surface area (Å²) in [5.41, 5.74) is 4.34. The number of nitrogens with two attached hydrogens (primary N) is 1. The van der Waals surface area contributed by atoms with E-state index in [0.29, 0.717) is 5.69 Å². The molecule has 0 unspecified atom stereocenters. The lowest BCUT2D eigenvalue weighted by Crippen LogP contribution is -2.56. The number of rotatable bonds is 5. The highest BCUT2D eigenvalue weighted by Gasteiger charge is 2.47. The number of benzene rings is 1. The molecule has 152 valence electrons. The van der Waals surface area contributed by atoms with Crippen LogP contribution in [0.2, 0.25) is 0 Å². The molecule has 3 rings (SSSR count). The Hall–Kier alpha value is -3.68. The van der Waals surface area contributed by atoms with E-state index in [4.69, 9.17) is 10.8 Å². The molecule has 1 fully saturated rings. The third-order valence-electron chi connectivity index (χ3n) is 4.98. The van der Waals surface area contributed by atoms with Gasteiger partial charge in [0, 0.05) is 18.4 Å². The number of aromatic nitrogens is 2. The minimum atomic E-state index is -1.73. The van der Waals surface area contributed by atoms with Gasteiger partial charge in [0.15, 0.2) is 5.82 Å². The molecular formula is C18H18F2N6O3. The van der Waals surface area contributed by atoms with Crippen molar-refractivity contribution in [1.82, 2.24) is 14.7 Å². The number of carboxylic acid groups (broad SMARTS) is 1. The maximum absolute atomic E-state index is 15.1. The molecule has 2 heterocycles. The number of likely N-dealkylation sites (tertiary alicyclic amines) is 1. The number of carbonyl (C=O) groups is 2. The summed E-state index contributed by atoms with van der Waals surface area (Å²) >= 11 is 0. The monoisotopic (exact) mass is 404 g/mol. The fourth-order valence-corrected chi connectivity index (χ4v) is 3.33. The van der Waals surface area contributed by atoms with Crippen molar-refractivity contribution in [3.05, 3.63) is 41.8 Å². The summed E-state index contributed by atoms with van der Waals surface area (Å²) in [7, 11) is 0. The van der Waals surface area contributed by atoms with E-state index < -0.39 is 36.1 Å². The van der Waals surface area contributed by atoms with Crippen LogP contribution in [0.5, 0.6) is 0 Å². The zero-order valence-corrected chi connectivity index (χ0v) is 15.2. The van der Waals surface area contributed by atoms with E-state index in [-0.39, 0.29) is 30.8 Å². The molecule has 0 bridgehead atoms. The quantitative estimate of drug-likeness (QED) is 0.699. The van der Waals surface area contributed by atoms with Gasteiger partial charge in [0.05, 0.1) is 19.0 Å². The van der Waals surface area contributed by atoms with Crippen molar-refractivity contribution in [2.75, 3.05) is 18.4 Å². The van der Waals surface area contributed by atoms with Crippen LogP contribution in [0.3, 0.4) is 0 Å². The Kier molecular flexibility index (Phi) is 5.36. The highest BCUT2D eigenvalue weighted by Crippen LogP contribution is 2.37. The number of nitrogens with zero attached hydrogens (tertiary/aromatic N) is 4. The Morgan fingerprint density at radius 3 is 2.66 bits per heavy atom. The Morgan fingerprint density at radius 2 is 2.10 bits per heavy atom. The lowest BCUT2D eigenvalue weighted by molar-refractivity contribution is 0.0143. The molecule has 29 heavy (non-hydrogen) atoms. The molecule has 1 aliphatic rings. The van der Waals surface area contributed by atoms with E-state index in [2.05, 4.69) is 10.4 Å². The van der Waals surface area contributed by atoms with Crippen LogP contribution in [0.4, 0.5) is 25.1 Å². The van der Waals surface area contributed by atoms with Crippen molar-refractivity contribution in [3.8, 4) is 6.07 Å². The molecule has 9 nitrogen and oxygen atoms in total. The maximum Gasteiger partial charge on any atom is 0.407 e. The smallest absolute Gasteiger partial charge is 0.407 e. The van der Waals surface area contributed by atoms with Gasteiger partial charge in [-0.2, -0.15) is 10.4 Å². The number of primary amides is 1. The van der Waals surface area contributed by atoms with Crippen LogP contribution < -0.4 is 11.1 Å². The van der Waals surface area contributed by atoms with E-state index >= 15 is 4.39 Å². The van der Waals surface area contributed by atoms with Crippen LogP contribution >= 0.6 is 0 Å². The number of hydrogen-bond acceptors (Lipinski definition) is 5. The highest BCUT2D eigenvalue weighted by atomic mass is 19.1. The van der Waals surface area contributed by atoms with Gasteiger partial charge >= 0.3 is 6.09 Å². The van der Waals surface area contributed by atoms with Gasteiger partial charge in [-0.3, -0.25) is 9.48 Å². The summed E-state index contributed by atoms with van der Waals surface area (Å²) in [6, 6.07) is 7.18. The average Bonchev–Trinajstić information content (AvgIpc) is 3.10. The molecule has 2 atom stereocenters. The number of nitriles is 1. The van der Waals surface area contributed by atoms with Gasteiger partial charge in [-0.25, -0.2) is 13.6 Å². The van der Waals surface area contributed by atoms with Gasteiger partial charge < -0.3 is 21.1 Å². The molecule has 1 saturated heterocycles. The van der Waals surface area contributed by atoms with E-state index in [0.717, 1.165) is 4.90 Å². The SMILES string of the molecule is N#CC[C@@]1(n2cc(C(N)=O)c(Nc3ccc(F)cc3)n2)CCN(C(=O)O)C[C@H]1F.